The summed E-state index contributed by atoms with van der Waals surface area (Å²) < 4.78 is 28.7. The van der Waals surface area contributed by atoms with Gasteiger partial charge in [-0.15, -0.1) is 0 Å². The number of benzene rings is 12. The number of furan rings is 4. The van der Waals surface area contributed by atoms with Crippen molar-refractivity contribution >= 4 is 143 Å². The van der Waals surface area contributed by atoms with E-state index in [9.17, 15) is 0 Å². The normalized spacial score (nSPS) is 13.1. The molecule has 6 heteroatoms. The van der Waals surface area contributed by atoms with Crippen LogP contribution in [0.1, 0.15) is 105 Å². The molecule has 6 nitrogen and oxygen atoms in total. The summed E-state index contributed by atoms with van der Waals surface area (Å²) in [6, 6.07) is 75.8. The highest BCUT2D eigenvalue weighted by Crippen LogP contribution is 2.55. The second-order valence-electron chi connectivity index (χ2n) is 29.3. The zero-order valence-corrected chi connectivity index (χ0v) is 53.2. The maximum atomic E-state index is 7.19. The van der Waals surface area contributed by atoms with Crippen LogP contribution in [0.4, 0.5) is 34.1 Å². The molecule has 16 aromatic rings. The summed E-state index contributed by atoms with van der Waals surface area (Å²) in [5.74, 6) is 0. The highest BCUT2D eigenvalue weighted by molar-refractivity contribution is 6.19. The van der Waals surface area contributed by atoms with Crippen LogP contribution in [0.15, 0.2) is 224 Å². The summed E-state index contributed by atoms with van der Waals surface area (Å²) in [5.41, 5.74) is 22.0. The highest BCUT2D eigenvalue weighted by atomic mass is 16.3. The predicted molar refractivity (Wildman–Crippen MR) is 379 cm³/mol. The van der Waals surface area contributed by atoms with Gasteiger partial charge in [0, 0.05) is 76.7 Å². The summed E-state index contributed by atoms with van der Waals surface area (Å²) in [4.78, 5) is 4.72. The van der Waals surface area contributed by atoms with Gasteiger partial charge in [-0.3, -0.25) is 0 Å². The molecule has 4 aromatic heterocycles. The number of anilines is 6. The first-order valence-electron chi connectivity index (χ1n) is 31.7. The molecule has 1 aliphatic carbocycles. The van der Waals surface area contributed by atoms with Crippen molar-refractivity contribution in [3.05, 3.63) is 229 Å². The van der Waals surface area contributed by atoms with Crippen LogP contribution < -0.4 is 9.80 Å². The Labute approximate surface area is 523 Å². The van der Waals surface area contributed by atoms with E-state index in [2.05, 4.69) is 299 Å². The minimum atomic E-state index is -0.129. The van der Waals surface area contributed by atoms with Crippen molar-refractivity contribution in [3.8, 4) is 22.3 Å². The van der Waals surface area contributed by atoms with Crippen LogP contribution in [0.2, 0.25) is 0 Å². The molecule has 0 saturated heterocycles. The topological polar surface area (TPSA) is 59.0 Å². The van der Waals surface area contributed by atoms with E-state index in [4.69, 9.17) is 17.7 Å². The molecular formula is C84H70N2O4. The third kappa shape index (κ3) is 8.02. The standard InChI is InChI=1S/C84H70N2O4/c1-81(2,3)65-29-13-21-53-57-25-17-33-69(77(57)87-73(53)65)85(70-34-18-26-58-54-22-14-30-66(82(4,5)6)74(54)88-78(58)70)51-39-37-47-43-61-62-44-48-38-40-52(42-50(48)46-64(62)63(61)45-49(47)41-51)86(71-35-19-27-59-55-23-15-31-67(83(7,8)9)75(55)89-79(59)71)72-36-20-28-60-56-24-16-32-68(84(10,11)12)76(56)90-80(60)72/h13-46H,1-12H3. The first kappa shape index (κ1) is 54.1. The van der Waals surface area contributed by atoms with Crippen molar-refractivity contribution < 1.29 is 17.7 Å². The molecule has 12 aromatic carbocycles. The van der Waals surface area contributed by atoms with E-state index < -0.39 is 0 Å². The molecule has 0 atom stereocenters. The van der Waals surface area contributed by atoms with Crippen molar-refractivity contribution in [3.63, 3.8) is 0 Å². The Morgan fingerprint density at radius 2 is 0.444 bits per heavy atom. The minimum Gasteiger partial charge on any atom is -0.454 e. The molecule has 17 rings (SSSR count). The molecular weight excluding hydrogens is 1100 g/mol. The largest absolute Gasteiger partial charge is 0.454 e. The lowest BCUT2D eigenvalue weighted by atomic mass is 9.78. The lowest BCUT2D eigenvalue weighted by Gasteiger charge is -2.28. The van der Waals surface area contributed by atoms with Crippen LogP contribution in [0, 0.1) is 0 Å². The number of hydrogen-bond donors (Lipinski definition) is 0. The number of para-hydroxylation sites is 8. The maximum Gasteiger partial charge on any atom is 0.159 e. The molecule has 4 heterocycles. The van der Waals surface area contributed by atoms with Crippen LogP contribution >= 0.6 is 0 Å². The van der Waals surface area contributed by atoms with Gasteiger partial charge in [0.1, 0.15) is 22.3 Å². The quantitative estimate of drug-likeness (QED) is 0.165. The Morgan fingerprint density at radius 1 is 0.222 bits per heavy atom. The van der Waals surface area contributed by atoms with Gasteiger partial charge in [0.25, 0.3) is 0 Å². The van der Waals surface area contributed by atoms with Gasteiger partial charge in [0.2, 0.25) is 0 Å². The molecule has 1 aliphatic rings. The number of nitrogens with zero attached hydrogens (tertiary/aromatic N) is 2. The molecule has 90 heavy (non-hydrogen) atoms. The Hall–Kier alpha value is -10.0. The molecule has 0 bridgehead atoms. The Bertz CT molecular complexity index is 5120. The van der Waals surface area contributed by atoms with Crippen molar-refractivity contribution in [2.24, 2.45) is 0 Å². The summed E-state index contributed by atoms with van der Waals surface area (Å²) in [6.45, 7) is 27.1. The van der Waals surface area contributed by atoms with E-state index in [1.54, 1.807) is 0 Å². The van der Waals surface area contributed by atoms with Crippen LogP contribution in [-0.2, 0) is 21.7 Å². The third-order valence-electron chi connectivity index (χ3n) is 19.2. The van der Waals surface area contributed by atoms with Gasteiger partial charge in [0.05, 0.1) is 22.7 Å². The van der Waals surface area contributed by atoms with E-state index >= 15 is 0 Å². The molecule has 0 spiro atoms. The number of fused-ring (bicyclic) bond motifs is 18. The van der Waals surface area contributed by atoms with E-state index in [1.165, 1.54) is 55.3 Å². The maximum absolute atomic E-state index is 7.19. The fourth-order valence-corrected chi connectivity index (χ4v) is 14.8. The lowest BCUT2D eigenvalue weighted by molar-refractivity contribution is 0.572. The average Bonchev–Trinajstić information content (AvgIpc) is 0.777. The van der Waals surface area contributed by atoms with Gasteiger partial charge < -0.3 is 27.5 Å². The monoisotopic (exact) mass is 1170 g/mol. The van der Waals surface area contributed by atoms with E-state index in [0.29, 0.717) is 0 Å². The molecule has 0 radical (unpaired) electrons. The van der Waals surface area contributed by atoms with Gasteiger partial charge in [0.15, 0.2) is 22.3 Å². The predicted octanol–water partition coefficient (Wildman–Crippen LogP) is 25.4. The average molecular weight is 1170 g/mol. The molecule has 0 saturated carbocycles. The summed E-state index contributed by atoms with van der Waals surface area (Å²) in [7, 11) is 0. The van der Waals surface area contributed by atoms with Gasteiger partial charge in [-0.05, 0) is 138 Å². The summed E-state index contributed by atoms with van der Waals surface area (Å²) in [6.07, 6.45) is 0. The van der Waals surface area contributed by atoms with Crippen LogP contribution in [0.3, 0.4) is 0 Å². The van der Waals surface area contributed by atoms with Gasteiger partial charge in [-0.1, -0.05) is 217 Å². The molecule has 0 N–H and O–H groups in total. The summed E-state index contributed by atoms with van der Waals surface area (Å²) in [5, 5.41) is 13.4. The van der Waals surface area contributed by atoms with Crippen molar-refractivity contribution in [2.45, 2.75) is 105 Å². The zero-order valence-electron chi connectivity index (χ0n) is 53.2. The molecule has 0 unspecified atom stereocenters. The fraction of sp³-hybridized carbons (Fsp3) is 0.190. The van der Waals surface area contributed by atoms with Crippen LogP contribution in [-0.4, -0.2) is 0 Å². The molecule has 0 amide bonds. The van der Waals surface area contributed by atoms with Crippen molar-refractivity contribution in [1.82, 2.24) is 0 Å². The van der Waals surface area contributed by atoms with E-state index in [0.717, 1.165) is 133 Å². The third-order valence-corrected chi connectivity index (χ3v) is 19.2. The first-order chi connectivity index (χ1) is 43.2. The molecule has 440 valence electrons. The summed E-state index contributed by atoms with van der Waals surface area (Å²) >= 11 is 0. The van der Waals surface area contributed by atoms with Crippen LogP contribution in [0.25, 0.3) is 132 Å². The second kappa shape index (κ2) is 18.8. The van der Waals surface area contributed by atoms with Crippen LogP contribution in [0.5, 0.6) is 0 Å². The van der Waals surface area contributed by atoms with Crippen molar-refractivity contribution in [1.29, 1.82) is 0 Å². The highest BCUT2D eigenvalue weighted by Gasteiger charge is 2.32. The van der Waals surface area contributed by atoms with Gasteiger partial charge in [-0.25, -0.2) is 0 Å². The smallest absolute Gasteiger partial charge is 0.159 e. The lowest BCUT2D eigenvalue weighted by Crippen LogP contribution is -2.11. The number of rotatable bonds is 6. The zero-order chi connectivity index (χ0) is 61.7. The van der Waals surface area contributed by atoms with E-state index in [-0.39, 0.29) is 21.7 Å². The number of hydrogen-bond acceptors (Lipinski definition) is 6. The van der Waals surface area contributed by atoms with Gasteiger partial charge >= 0.3 is 0 Å². The molecule has 0 fully saturated rings. The minimum absolute atomic E-state index is 0.129. The van der Waals surface area contributed by atoms with Crippen molar-refractivity contribution in [2.75, 3.05) is 9.80 Å². The Kier molecular flexibility index (Phi) is 11.3. The van der Waals surface area contributed by atoms with Gasteiger partial charge in [-0.2, -0.15) is 0 Å². The Balaban J connectivity index is 0.839. The molecule has 0 aliphatic heterocycles. The Morgan fingerprint density at radius 3 is 0.689 bits per heavy atom. The second-order valence-corrected chi connectivity index (χ2v) is 29.3. The first-order valence-corrected chi connectivity index (χ1v) is 31.7. The van der Waals surface area contributed by atoms with E-state index in [1.807, 2.05) is 0 Å². The fourth-order valence-electron chi connectivity index (χ4n) is 14.8. The SMILES string of the molecule is CC(C)(C)c1cccc2c1oc1c(N(c3ccc4cc5c(cc4c3)-c3cc4cc(N(c6cccc7c6oc6c(C(C)(C)C)cccc67)c6cccc7c6oc6c(C(C)(C)C)cccc67)ccc4cc3-5)c3cccc4c3oc3c(C(C)(C)C)cccc34)cccc12.